The number of aromatic nitrogens is 2. The van der Waals surface area contributed by atoms with E-state index in [0.29, 0.717) is 12.0 Å². The highest BCUT2D eigenvalue weighted by molar-refractivity contribution is 5.15. The molecule has 0 saturated heterocycles. The first-order valence-corrected chi connectivity index (χ1v) is 15.9. The smallest absolute Gasteiger partial charge is 0.0948 e. The number of rotatable bonds is 24. The molecule has 0 aliphatic rings. The lowest BCUT2D eigenvalue weighted by Crippen LogP contribution is -2.21. The topological polar surface area (TPSA) is 17.8 Å². The Morgan fingerprint density at radius 1 is 0.611 bits per heavy atom. The Balaban J connectivity index is 1.80. The average Bonchev–Trinajstić information content (AvgIpc) is 3.44. The van der Waals surface area contributed by atoms with E-state index >= 15 is 0 Å². The second kappa shape index (κ2) is 21.5. The van der Waals surface area contributed by atoms with E-state index in [-0.39, 0.29) is 0 Å². The summed E-state index contributed by atoms with van der Waals surface area (Å²) in [5, 5.41) is 0. The normalized spacial score (nSPS) is 13.2. The molecule has 0 bridgehead atoms. The van der Waals surface area contributed by atoms with Crippen LogP contribution >= 0.6 is 0 Å². The second-order valence-corrected chi connectivity index (χ2v) is 11.3. The molecule has 0 spiro atoms. The summed E-state index contributed by atoms with van der Waals surface area (Å²) < 4.78 is 2.43. The van der Waals surface area contributed by atoms with Crippen molar-refractivity contribution < 1.29 is 0 Å². The van der Waals surface area contributed by atoms with Gasteiger partial charge in [-0.25, -0.2) is 4.98 Å². The number of hydrogen-bond acceptors (Lipinski definition) is 1. The number of unbranched alkanes of at least 4 members (excludes halogenated alkanes) is 16. The number of hydrogen-bond donors (Lipinski definition) is 0. The lowest BCUT2D eigenvalue weighted by Gasteiger charge is -2.29. The van der Waals surface area contributed by atoms with Crippen molar-refractivity contribution in [1.29, 1.82) is 0 Å². The zero-order valence-electron chi connectivity index (χ0n) is 24.0. The monoisotopic (exact) mass is 494 g/mol. The Labute approximate surface area is 224 Å². The molecule has 2 atom stereocenters. The molecule has 204 valence electrons. The fourth-order valence-corrected chi connectivity index (χ4v) is 5.82. The summed E-state index contributed by atoms with van der Waals surface area (Å²) in [6.07, 6.45) is 35.4. The summed E-state index contributed by atoms with van der Waals surface area (Å²) in [7, 11) is 0. The van der Waals surface area contributed by atoms with E-state index in [0.717, 1.165) is 0 Å². The fraction of sp³-hybridized carbons (Fsp3) is 0.735. The van der Waals surface area contributed by atoms with Gasteiger partial charge in [0.05, 0.1) is 6.33 Å². The van der Waals surface area contributed by atoms with Gasteiger partial charge in [0.15, 0.2) is 0 Å². The molecule has 0 amide bonds. The third-order valence-corrected chi connectivity index (χ3v) is 8.07. The predicted molar refractivity (Wildman–Crippen MR) is 159 cm³/mol. The molecule has 2 unspecified atom stereocenters. The maximum atomic E-state index is 4.44. The molecular formula is C34H58N2. The van der Waals surface area contributed by atoms with Gasteiger partial charge < -0.3 is 4.57 Å². The van der Waals surface area contributed by atoms with E-state index < -0.39 is 0 Å². The third kappa shape index (κ3) is 14.2. The van der Waals surface area contributed by atoms with Crippen molar-refractivity contribution in [1.82, 2.24) is 9.55 Å². The van der Waals surface area contributed by atoms with Crippen LogP contribution in [0.4, 0.5) is 0 Å². The van der Waals surface area contributed by atoms with Gasteiger partial charge in [0, 0.05) is 18.4 Å². The number of benzene rings is 1. The maximum absolute atomic E-state index is 4.44. The summed E-state index contributed by atoms with van der Waals surface area (Å²) >= 11 is 0. The minimum absolute atomic E-state index is 0.575. The minimum atomic E-state index is 0.575. The van der Waals surface area contributed by atoms with Gasteiger partial charge in [-0.1, -0.05) is 160 Å². The molecule has 0 radical (unpaired) electrons. The van der Waals surface area contributed by atoms with Crippen LogP contribution in [0.25, 0.3) is 0 Å². The lowest BCUT2D eigenvalue weighted by atomic mass is 9.84. The van der Waals surface area contributed by atoms with Gasteiger partial charge in [-0.05, 0) is 30.7 Å². The highest BCUT2D eigenvalue weighted by Crippen LogP contribution is 2.32. The Bertz CT molecular complexity index is 693. The van der Waals surface area contributed by atoms with Gasteiger partial charge >= 0.3 is 0 Å². The molecule has 36 heavy (non-hydrogen) atoms. The van der Waals surface area contributed by atoms with E-state index in [4.69, 9.17) is 0 Å². The summed E-state index contributed by atoms with van der Waals surface area (Å²) in [5.41, 5.74) is 1.50. The van der Waals surface area contributed by atoms with Gasteiger partial charge in [-0.2, -0.15) is 0 Å². The fourth-order valence-electron chi connectivity index (χ4n) is 5.82. The standard InChI is InChI=1S/C34H58N2/c1-3-5-7-9-11-12-13-14-16-17-22-26-33(30-32-24-20-19-21-25-32)34(36-29-28-35-31-36)27-23-18-15-10-8-6-4-2/h19-21,24-25,28-29,31,33-34H,3-18,22-23,26-27,30H2,1-2H3. The molecule has 1 heterocycles. The molecule has 0 aliphatic heterocycles. The number of imidazole rings is 1. The molecule has 0 fully saturated rings. The molecule has 1 aromatic carbocycles. The zero-order chi connectivity index (χ0) is 25.5. The first kappa shape index (κ1) is 30.7. The summed E-state index contributed by atoms with van der Waals surface area (Å²) in [4.78, 5) is 4.44. The van der Waals surface area contributed by atoms with Gasteiger partial charge in [0.1, 0.15) is 0 Å². The third-order valence-electron chi connectivity index (χ3n) is 8.07. The van der Waals surface area contributed by atoms with E-state index in [1.807, 2.05) is 6.20 Å². The van der Waals surface area contributed by atoms with E-state index in [2.05, 4.69) is 66.3 Å². The lowest BCUT2D eigenvalue weighted by molar-refractivity contribution is 0.275. The Morgan fingerprint density at radius 3 is 1.61 bits per heavy atom. The SMILES string of the molecule is CCCCCCCCCCCCCC(Cc1ccccc1)C(CCCCCCCCC)n1ccnc1. The Kier molecular flexibility index (Phi) is 18.3. The summed E-state index contributed by atoms with van der Waals surface area (Å²) in [5.74, 6) is 0.695. The van der Waals surface area contributed by atoms with Crippen LogP contribution in [0.3, 0.4) is 0 Å². The van der Waals surface area contributed by atoms with Crippen LogP contribution in [0, 0.1) is 5.92 Å². The van der Waals surface area contributed by atoms with Crippen LogP contribution in [0.15, 0.2) is 49.1 Å². The first-order valence-electron chi connectivity index (χ1n) is 15.9. The van der Waals surface area contributed by atoms with Crippen molar-refractivity contribution in [2.45, 2.75) is 155 Å². The van der Waals surface area contributed by atoms with Crippen LogP contribution in [0.5, 0.6) is 0 Å². The number of nitrogens with zero attached hydrogens (tertiary/aromatic N) is 2. The minimum Gasteiger partial charge on any atom is -0.334 e. The summed E-state index contributed by atoms with van der Waals surface area (Å²) in [6.45, 7) is 4.61. The average molecular weight is 495 g/mol. The quantitative estimate of drug-likeness (QED) is 0.133. The van der Waals surface area contributed by atoms with Crippen LogP contribution < -0.4 is 0 Å². The molecular weight excluding hydrogens is 436 g/mol. The van der Waals surface area contributed by atoms with Gasteiger partial charge in [0.25, 0.3) is 0 Å². The molecule has 2 rings (SSSR count). The Morgan fingerprint density at radius 2 is 1.11 bits per heavy atom. The molecule has 1 aromatic heterocycles. The van der Waals surface area contributed by atoms with Gasteiger partial charge in [0.2, 0.25) is 0 Å². The molecule has 2 nitrogen and oxygen atoms in total. The van der Waals surface area contributed by atoms with Crippen LogP contribution in [0.2, 0.25) is 0 Å². The molecule has 0 aliphatic carbocycles. The highest BCUT2D eigenvalue weighted by atomic mass is 15.1. The summed E-state index contributed by atoms with van der Waals surface area (Å²) in [6, 6.07) is 11.8. The van der Waals surface area contributed by atoms with Crippen molar-refractivity contribution in [3.63, 3.8) is 0 Å². The van der Waals surface area contributed by atoms with Crippen LogP contribution in [-0.4, -0.2) is 9.55 Å². The van der Waals surface area contributed by atoms with Crippen molar-refractivity contribution in [3.05, 3.63) is 54.6 Å². The molecule has 0 N–H and O–H groups in total. The second-order valence-electron chi connectivity index (χ2n) is 11.3. The maximum Gasteiger partial charge on any atom is 0.0948 e. The van der Waals surface area contributed by atoms with E-state index in [1.165, 1.54) is 140 Å². The largest absolute Gasteiger partial charge is 0.334 e. The van der Waals surface area contributed by atoms with Gasteiger partial charge in [-0.15, -0.1) is 0 Å². The van der Waals surface area contributed by atoms with Crippen molar-refractivity contribution in [2.24, 2.45) is 5.92 Å². The molecule has 0 saturated carbocycles. The van der Waals surface area contributed by atoms with Gasteiger partial charge in [-0.3, -0.25) is 0 Å². The van der Waals surface area contributed by atoms with Crippen molar-refractivity contribution >= 4 is 0 Å². The van der Waals surface area contributed by atoms with Crippen molar-refractivity contribution in [2.75, 3.05) is 0 Å². The van der Waals surface area contributed by atoms with E-state index in [9.17, 15) is 0 Å². The van der Waals surface area contributed by atoms with Crippen molar-refractivity contribution in [3.8, 4) is 0 Å². The molecule has 2 aromatic rings. The highest BCUT2D eigenvalue weighted by Gasteiger charge is 2.23. The predicted octanol–water partition coefficient (Wildman–Crippen LogP) is 11.1. The Hall–Kier alpha value is -1.57. The van der Waals surface area contributed by atoms with Crippen LogP contribution in [0.1, 0.15) is 154 Å². The zero-order valence-corrected chi connectivity index (χ0v) is 24.0. The molecule has 2 heteroatoms. The van der Waals surface area contributed by atoms with E-state index in [1.54, 1.807) is 0 Å². The first-order chi connectivity index (χ1) is 17.8. The van der Waals surface area contributed by atoms with Crippen LogP contribution in [-0.2, 0) is 6.42 Å².